The summed E-state index contributed by atoms with van der Waals surface area (Å²) in [7, 11) is 0. The average molecular weight is 657 g/mol. The maximum absolute atomic E-state index is 14.7. The lowest BCUT2D eigenvalue weighted by Gasteiger charge is -2.35. The normalized spacial score (nSPS) is 21.0. The van der Waals surface area contributed by atoms with Gasteiger partial charge >= 0.3 is 0 Å². The fourth-order valence-corrected chi connectivity index (χ4v) is 6.91. The van der Waals surface area contributed by atoms with Gasteiger partial charge in [0.1, 0.15) is 23.9 Å². The molecule has 49 heavy (non-hydrogen) atoms. The Labute approximate surface area is 288 Å². The van der Waals surface area contributed by atoms with Crippen LogP contribution < -0.4 is 26.0 Å². The fraction of sp³-hybridized carbons (Fsp3) is 0.293. The van der Waals surface area contributed by atoms with Gasteiger partial charge in [0.15, 0.2) is 0 Å². The SMILES string of the molecule is O=C1NC/C=C\c2ccccc2OCCN[C@@H](C(c2ccccc2)c2ccccc2)C(=O)NC2(CCCC2)C(=O)N[C@H]1Cc1ccccc1. The number of fused-ring (bicyclic) bond motifs is 1. The second kappa shape index (κ2) is 16.3. The standard InChI is InChI=1S/C41H44N4O4/c46-38-34(29-30-15-4-1-5-16-30)44-40(48)41(24-12-13-25-41)45-39(47)37(36(32-18-6-2-7-19-32)33-20-8-3-9-21-33)42-27-28-49-35-23-11-10-17-31(35)22-14-26-43-38/h1-11,14-23,34,36-37,42H,12-13,24-29H2,(H,43,46)(H,44,48)(H,45,47)/b22-14-/t34-,37-/m0/s1. The number of hydrogen-bond acceptors (Lipinski definition) is 5. The molecule has 4 aromatic rings. The van der Waals surface area contributed by atoms with Crippen LogP contribution in [0.1, 0.15) is 53.9 Å². The van der Waals surface area contributed by atoms with E-state index in [9.17, 15) is 14.4 Å². The van der Waals surface area contributed by atoms with E-state index in [0.29, 0.717) is 38.2 Å². The third kappa shape index (κ3) is 8.45. The lowest BCUT2D eigenvalue weighted by atomic mass is 9.83. The highest BCUT2D eigenvalue weighted by Crippen LogP contribution is 2.33. The molecule has 2 atom stereocenters. The van der Waals surface area contributed by atoms with E-state index in [0.717, 1.165) is 35.1 Å². The number of para-hydroxylation sites is 1. The highest BCUT2D eigenvalue weighted by atomic mass is 16.5. The van der Waals surface area contributed by atoms with Gasteiger partial charge in [0, 0.05) is 31.0 Å². The van der Waals surface area contributed by atoms with E-state index in [1.807, 2.05) is 127 Å². The highest BCUT2D eigenvalue weighted by Gasteiger charge is 2.45. The minimum Gasteiger partial charge on any atom is -0.492 e. The molecular weight excluding hydrogens is 612 g/mol. The van der Waals surface area contributed by atoms with Crippen LogP contribution in [0.25, 0.3) is 6.08 Å². The largest absolute Gasteiger partial charge is 0.492 e. The van der Waals surface area contributed by atoms with Crippen molar-refractivity contribution in [2.24, 2.45) is 0 Å². The number of amides is 3. The Bertz CT molecular complexity index is 1680. The van der Waals surface area contributed by atoms with Crippen LogP contribution in [0.4, 0.5) is 0 Å². The monoisotopic (exact) mass is 656 g/mol. The molecule has 252 valence electrons. The number of rotatable bonds is 5. The summed E-state index contributed by atoms with van der Waals surface area (Å²) >= 11 is 0. The Morgan fingerprint density at radius 3 is 2.02 bits per heavy atom. The quantitative estimate of drug-likeness (QED) is 0.238. The molecule has 1 spiro atoms. The Kier molecular flexibility index (Phi) is 11.2. The van der Waals surface area contributed by atoms with E-state index in [1.54, 1.807) is 0 Å². The molecule has 0 radical (unpaired) electrons. The van der Waals surface area contributed by atoms with Gasteiger partial charge in [0.25, 0.3) is 0 Å². The summed E-state index contributed by atoms with van der Waals surface area (Å²) in [6, 6.07) is 35.7. The molecule has 1 fully saturated rings. The molecule has 4 aromatic carbocycles. The van der Waals surface area contributed by atoms with Crippen LogP contribution >= 0.6 is 0 Å². The van der Waals surface area contributed by atoms with Gasteiger partial charge in [-0.05, 0) is 35.6 Å². The van der Waals surface area contributed by atoms with Crippen LogP contribution in [0.2, 0.25) is 0 Å². The number of nitrogens with one attached hydrogen (secondary N) is 4. The summed E-state index contributed by atoms with van der Waals surface area (Å²) < 4.78 is 6.23. The Morgan fingerprint density at radius 1 is 0.735 bits per heavy atom. The zero-order valence-corrected chi connectivity index (χ0v) is 27.6. The molecule has 0 unspecified atom stereocenters. The van der Waals surface area contributed by atoms with Crippen LogP contribution in [0.15, 0.2) is 121 Å². The number of carbonyl (C=O) groups excluding carboxylic acids is 3. The summed E-state index contributed by atoms with van der Waals surface area (Å²) in [6.45, 7) is 0.981. The summed E-state index contributed by atoms with van der Waals surface area (Å²) in [6.07, 6.45) is 6.67. The van der Waals surface area contributed by atoms with Crippen molar-refractivity contribution in [1.82, 2.24) is 21.3 Å². The van der Waals surface area contributed by atoms with E-state index in [4.69, 9.17) is 4.74 Å². The van der Waals surface area contributed by atoms with Gasteiger partial charge in [-0.2, -0.15) is 0 Å². The molecule has 1 heterocycles. The van der Waals surface area contributed by atoms with Crippen LogP contribution in [0.3, 0.4) is 0 Å². The Morgan fingerprint density at radius 2 is 1.35 bits per heavy atom. The van der Waals surface area contributed by atoms with E-state index >= 15 is 0 Å². The first-order valence-corrected chi connectivity index (χ1v) is 17.2. The molecule has 8 heteroatoms. The number of carbonyl (C=O) groups is 3. The number of ether oxygens (including phenoxy) is 1. The van der Waals surface area contributed by atoms with Crippen molar-refractivity contribution < 1.29 is 19.1 Å². The molecule has 3 amide bonds. The van der Waals surface area contributed by atoms with Crippen LogP contribution in [-0.4, -0.2) is 55.0 Å². The molecule has 0 aromatic heterocycles. The smallest absolute Gasteiger partial charge is 0.246 e. The van der Waals surface area contributed by atoms with E-state index in [2.05, 4.69) is 21.3 Å². The molecule has 1 saturated carbocycles. The molecule has 1 aliphatic heterocycles. The summed E-state index contributed by atoms with van der Waals surface area (Å²) in [5.74, 6) is -0.543. The van der Waals surface area contributed by atoms with Crippen LogP contribution in [-0.2, 0) is 20.8 Å². The second-order valence-corrected chi connectivity index (χ2v) is 12.8. The Hall–Kier alpha value is -5.21. The number of hydrogen-bond donors (Lipinski definition) is 4. The third-order valence-corrected chi connectivity index (χ3v) is 9.43. The first-order chi connectivity index (χ1) is 24.0. The van der Waals surface area contributed by atoms with Gasteiger partial charge in [-0.15, -0.1) is 0 Å². The van der Waals surface area contributed by atoms with E-state index in [1.165, 1.54) is 0 Å². The fourth-order valence-electron chi connectivity index (χ4n) is 6.91. The molecule has 0 bridgehead atoms. The summed E-state index contributed by atoms with van der Waals surface area (Å²) in [5.41, 5.74) is 2.60. The van der Waals surface area contributed by atoms with E-state index < -0.39 is 17.6 Å². The first kappa shape index (κ1) is 33.7. The third-order valence-electron chi connectivity index (χ3n) is 9.43. The predicted molar refractivity (Wildman–Crippen MR) is 192 cm³/mol. The van der Waals surface area contributed by atoms with Crippen LogP contribution in [0, 0.1) is 0 Å². The van der Waals surface area contributed by atoms with E-state index in [-0.39, 0.29) is 30.2 Å². The first-order valence-electron chi connectivity index (χ1n) is 17.2. The van der Waals surface area contributed by atoms with Gasteiger partial charge in [-0.1, -0.05) is 134 Å². The zero-order valence-electron chi connectivity index (χ0n) is 27.6. The lowest BCUT2D eigenvalue weighted by molar-refractivity contribution is -0.136. The molecule has 6 rings (SSSR count). The van der Waals surface area contributed by atoms with Crippen molar-refractivity contribution in [3.8, 4) is 5.75 Å². The van der Waals surface area contributed by atoms with Crippen LogP contribution in [0.5, 0.6) is 5.75 Å². The molecule has 8 nitrogen and oxygen atoms in total. The summed E-state index contributed by atoms with van der Waals surface area (Å²) in [5, 5.41) is 12.8. The number of benzene rings is 4. The van der Waals surface area contributed by atoms with Crippen molar-refractivity contribution in [3.05, 3.63) is 144 Å². The molecular formula is C41H44N4O4. The maximum Gasteiger partial charge on any atom is 0.246 e. The minimum atomic E-state index is -1.15. The average Bonchev–Trinajstić information content (AvgIpc) is 3.62. The minimum absolute atomic E-state index is 0.275. The zero-order chi connectivity index (χ0) is 33.9. The molecule has 2 aliphatic rings. The van der Waals surface area contributed by atoms with Crippen molar-refractivity contribution in [2.45, 2.75) is 55.6 Å². The highest BCUT2D eigenvalue weighted by molar-refractivity contribution is 5.96. The Balaban J connectivity index is 1.37. The molecule has 4 N–H and O–H groups in total. The molecule has 1 aliphatic carbocycles. The lowest BCUT2D eigenvalue weighted by Crippen LogP contribution is -2.64. The van der Waals surface area contributed by atoms with Gasteiger partial charge in [-0.25, -0.2) is 0 Å². The van der Waals surface area contributed by atoms with Crippen molar-refractivity contribution in [2.75, 3.05) is 19.7 Å². The summed E-state index contributed by atoms with van der Waals surface area (Å²) in [4.78, 5) is 42.6. The predicted octanol–water partition coefficient (Wildman–Crippen LogP) is 5.16. The molecule has 0 saturated heterocycles. The van der Waals surface area contributed by atoms with Gasteiger partial charge < -0.3 is 26.0 Å². The van der Waals surface area contributed by atoms with Crippen molar-refractivity contribution in [3.63, 3.8) is 0 Å². The van der Waals surface area contributed by atoms with Gasteiger partial charge in [0.2, 0.25) is 17.7 Å². The van der Waals surface area contributed by atoms with Gasteiger partial charge in [-0.3, -0.25) is 14.4 Å². The topological polar surface area (TPSA) is 109 Å². The van der Waals surface area contributed by atoms with Crippen molar-refractivity contribution >= 4 is 23.8 Å². The van der Waals surface area contributed by atoms with Gasteiger partial charge in [0.05, 0.1) is 6.04 Å². The maximum atomic E-state index is 14.7. The van der Waals surface area contributed by atoms with Crippen molar-refractivity contribution in [1.29, 1.82) is 0 Å². The second-order valence-electron chi connectivity index (χ2n) is 12.8.